The second kappa shape index (κ2) is 5.65. The maximum absolute atomic E-state index is 12.1. The zero-order valence-corrected chi connectivity index (χ0v) is 12.4. The van der Waals surface area contributed by atoms with Crippen molar-refractivity contribution in [1.82, 2.24) is 4.98 Å². The van der Waals surface area contributed by atoms with Crippen LogP contribution in [-0.2, 0) is 10.0 Å². The molecule has 0 aliphatic rings. The highest BCUT2D eigenvalue weighted by atomic mass is 35.5. The number of nitrogens with zero attached hydrogens (tertiary/aromatic N) is 3. The molecule has 21 heavy (non-hydrogen) atoms. The lowest BCUT2D eigenvalue weighted by molar-refractivity contribution is -0.384. The predicted octanol–water partition coefficient (Wildman–Crippen LogP) is 2.38. The molecular weight excluding hydrogens is 340 g/mol. The summed E-state index contributed by atoms with van der Waals surface area (Å²) in [6.45, 7) is 0. The van der Waals surface area contributed by atoms with Gasteiger partial charge in [0.25, 0.3) is 15.7 Å². The molecule has 0 saturated heterocycles. The smallest absolute Gasteiger partial charge is 0.273 e. The average molecular weight is 345 g/mol. The zero-order chi connectivity index (χ0) is 15.6. The second-order valence-electron chi connectivity index (χ2n) is 3.64. The molecule has 0 bridgehead atoms. The van der Waals surface area contributed by atoms with Crippen molar-refractivity contribution in [2.24, 2.45) is 0 Å². The van der Waals surface area contributed by atoms with E-state index >= 15 is 0 Å². The number of benzene rings is 1. The molecule has 0 unspecified atom stereocenters. The number of rotatable bonds is 4. The summed E-state index contributed by atoms with van der Waals surface area (Å²) >= 11 is 6.32. The summed E-state index contributed by atoms with van der Waals surface area (Å²) in [4.78, 5) is 13.6. The Kier molecular flexibility index (Phi) is 4.08. The molecule has 0 fully saturated rings. The van der Waals surface area contributed by atoms with Gasteiger partial charge in [0.2, 0.25) is 0 Å². The summed E-state index contributed by atoms with van der Waals surface area (Å²) < 4.78 is 26.2. The monoisotopic (exact) mass is 344 g/mol. The highest BCUT2D eigenvalue weighted by Crippen LogP contribution is 2.27. The number of hydrogen-bond acceptors (Lipinski definition) is 7. The highest BCUT2D eigenvalue weighted by Gasteiger charge is 2.20. The number of aromatic nitrogens is 1. The third-order valence-corrected chi connectivity index (χ3v) is 5.24. The molecule has 0 aliphatic heterocycles. The van der Waals surface area contributed by atoms with Crippen LogP contribution in [0.1, 0.15) is 5.56 Å². The largest absolute Gasteiger partial charge is 0.278 e. The molecule has 0 amide bonds. The van der Waals surface area contributed by atoms with Crippen LogP contribution in [0.2, 0.25) is 4.47 Å². The van der Waals surface area contributed by atoms with Gasteiger partial charge in [-0.3, -0.25) is 14.8 Å². The van der Waals surface area contributed by atoms with E-state index in [1.807, 2.05) is 0 Å². The van der Waals surface area contributed by atoms with Gasteiger partial charge >= 0.3 is 0 Å². The summed E-state index contributed by atoms with van der Waals surface area (Å²) in [6.07, 6.45) is 1.08. The predicted molar refractivity (Wildman–Crippen MR) is 75.7 cm³/mol. The Labute approximate surface area is 127 Å². The lowest BCUT2D eigenvalue weighted by Gasteiger charge is -2.07. The number of thiazole rings is 1. The molecule has 2 aromatic rings. The van der Waals surface area contributed by atoms with E-state index in [-0.39, 0.29) is 25.6 Å². The Balaban J connectivity index is 2.40. The van der Waals surface area contributed by atoms with E-state index < -0.39 is 14.9 Å². The SMILES string of the molecule is N#Cc1cc([N+](=O)[O-])ccc1NS(=O)(=O)c1cnc(Cl)s1. The molecule has 1 heterocycles. The minimum atomic E-state index is -3.96. The number of nitro groups is 1. The Hall–Kier alpha value is -2.22. The molecule has 1 aromatic carbocycles. The first-order valence-electron chi connectivity index (χ1n) is 5.16. The quantitative estimate of drug-likeness (QED) is 0.670. The van der Waals surface area contributed by atoms with E-state index in [0.29, 0.717) is 0 Å². The third-order valence-electron chi connectivity index (χ3n) is 2.30. The summed E-state index contributed by atoms with van der Waals surface area (Å²) in [5.74, 6) is 0. The highest BCUT2D eigenvalue weighted by molar-refractivity contribution is 7.94. The normalized spacial score (nSPS) is 10.9. The van der Waals surface area contributed by atoms with Crippen molar-refractivity contribution >= 4 is 44.3 Å². The van der Waals surface area contributed by atoms with E-state index in [1.165, 1.54) is 0 Å². The molecule has 108 valence electrons. The van der Waals surface area contributed by atoms with Crippen molar-refractivity contribution < 1.29 is 13.3 Å². The van der Waals surface area contributed by atoms with Crippen LogP contribution in [0, 0.1) is 21.4 Å². The number of nitrogens with one attached hydrogen (secondary N) is 1. The number of hydrogen-bond donors (Lipinski definition) is 1. The number of halogens is 1. The lowest BCUT2D eigenvalue weighted by atomic mass is 10.2. The Morgan fingerprint density at radius 3 is 2.71 bits per heavy atom. The molecule has 1 N–H and O–H groups in total. The first kappa shape index (κ1) is 15.2. The Morgan fingerprint density at radius 2 is 2.19 bits per heavy atom. The van der Waals surface area contributed by atoms with Crippen molar-refractivity contribution in [2.75, 3.05) is 4.72 Å². The van der Waals surface area contributed by atoms with Gasteiger partial charge in [0.05, 0.1) is 22.4 Å². The number of sulfonamides is 1. The van der Waals surface area contributed by atoms with Gasteiger partial charge in [0.1, 0.15) is 6.07 Å². The summed E-state index contributed by atoms with van der Waals surface area (Å²) in [5.41, 5.74) is -0.536. The fourth-order valence-electron chi connectivity index (χ4n) is 1.39. The summed E-state index contributed by atoms with van der Waals surface area (Å²) in [5, 5.41) is 19.6. The molecule has 11 heteroatoms. The maximum atomic E-state index is 12.1. The maximum Gasteiger partial charge on any atom is 0.273 e. The molecule has 0 aliphatic carbocycles. The molecule has 1 aromatic heterocycles. The lowest BCUT2D eigenvalue weighted by Crippen LogP contribution is -2.12. The number of nitriles is 1. The summed E-state index contributed by atoms with van der Waals surface area (Å²) in [6, 6.07) is 4.93. The number of nitro benzene ring substituents is 1. The number of anilines is 1. The van der Waals surface area contributed by atoms with Gasteiger partial charge in [-0.25, -0.2) is 13.4 Å². The molecule has 0 spiro atoms. The fourth-order valence-corrected chi connectivity index (χ4v) is 3.76. The zero-order valence-electron chi connectivity index (χ0n) is 9.98. The van der Waals surface area contributed by atoms with E-state index in [0.717, 1.165) is 35.7 Å². The molecule has 0 saturated carbocycles. The molecule has 8 nitrogen and oxygen atoms in total. The first-order valence-corrected chi connectivity index (χ1v) is 7.84. The van der Waals surface area contributed by atoms with E-state index in [9.17, 15) is 18.5 Å². The third kappa shape index (κ3) is 3.27. The van der Waals surface area contributed by atoms with E-state index in [2.05, 4.69) is 9.71 Å². The van der Waals surface area contributed by atoms with Crippen molar-refractivity contribution in [3.63, 3.8) is 0 Å². The minimum Gasteiger partial charge on any atom is -0.278 e. The van der Waals surface area contributed by atoms with Gasteiger partial charge in [0, 0.05) is 12.1 Å². The fraction of sp³-hybridized carbons (Fsp3) is 0. The average Bonchev–Trinajstić information content (AvgIpc) is 2.86. The van der Waals surface area contributed by atoms with Crippen LogP contribution in [0.5, 0.6) is 0 Å². The van der Waals surface area contributed by atoms with Crippen LogP contribution in [0.15, 0.2) is 28.6 Å². The van der Waals surface area contributed by atoms with Crippen molar-refractivity contribution in [1.29, 1.82) is 5.26 Å². The molecule has 0 atom stereocenters. The van der Waals surface area contributed by atoms with Gasteiger partial charge in [-0.15, -0.1) is 0 Å². The minimum absolute atomic E-state index is 0.0552. The van der Waals surface area contributed by atoms with E-state index in [4.69, 9.17) is 16.9 Å². The van der Waals surface area contributed by atoms with Gasteiger partial charge in [-0.2, -0.15) is 5.26 Å². The van der Waals surface area contributed by atoms with Crippen LogP contribution in [0.3, 0.4) is 0 Å². The Bertz CT molecular complexity index is 856. The van der Waals surface area contributed by atoms with Crippen molar-refractivity contribution in [3.05, 3.63) is 44.5 Å². The van der Waals surface area contributed by atoms with Crippen LogP contribution >= 0.6 is 22.9 Å². The van der Waals surface area contributed by atoms with Gasteiger partial charge in [0.15, 0.2) is 8.68 Å². The van der Waals surface area contributed by atoms with Crippen LogP contribution < -0.4 is 4.72 Å². The second-order valence-corrected chi connectivity index (χ2v) is 7.16. The van der Waals surface area contributed by atoms with Gasteiger partial charge in [-0.1, -0.05) is 22.9 Å². The summed E-state index contributed by atoms with van der Waals surface area (Å²) in [7, 11) is -3.96. The van der Waals surface area contributed by atoms with Crippen molar-refractivity contribution in [2.45, 2.75) is 4.21 Å². The standard InChI is InChI=1S/C10H5ClN4O4S2/c11-10-13-5-9(20-10)21(18,19)14-8-2-1-7(15(16)17)3-6(8)4-12/h1-3,5,14H. The van der Waals surface area contributed by atoms with E-state index in [1.54, 1.807) is 6.07 Å². The Morgan fingerprint density at radius 1 is 1.48 bits per heavy atom. The molecule has 0 radical (unpaired) electrons. The van der Waals surface area contributed by atoms with Gasteiger partial charge in [-0.05, 0) is 6.07 Å². The molecule has 2 rings (SSSR count). The number of non-ortho nitro benzene ring substituents is 1. The van der Waals surface area contributed by atoms with Crippen molar-refractivity contribution in [3.8, 4) is 6.07 Å². The topological polar surface area (TPSA) is 126 Å². The van der Waals surface area contributed by atoms with Gasteiger partial charge < -0.3 is 0 Å². The van der Waals surface area contributed by atoms with Crippen LogP contribution in [0.4, 0.5) is 11.4 Å². The molecular formula is C10H5ClN4O4S2. The van der Waals surface area contributed by atoms with Crippen LogP contribution in [-0.4, -0.2) is 18.3 Å². The van der Waals surface area contributed by atoms with Crippen LogP contribution in [0.25, 0.3) is 0 Å². The first-order chi connectivity index (χ1) is 9.83.